The van der Waals surface area contributed by atoms with Crippen LogP contribution in [0, 0.1) is 25.2 Å². The Kier molecular flexibility index (Phi) is 9.19. The van der Waals surface area contributed by atoms with Gasteiger partial charge < -0.3 is 19.9 Å². The first-order valence-electron chi connectivity index (χ1n) is 15.7. The van der Waals surface area contributed by atoms with E-state index in [4.69, 9.17) is 9.47 Å². The van der Waals surface area contributed by atoms with Gasteiger partial charge >= 0.3 is 0 Å². The van der Waals surface area contributed by atoms with E-state index in [0.717, 1.165) is 31.7 Å². The Morgan fingerprint density at radius 2 is 1.84 bits per heavy atom. The van der Waals surface area contributed by atoms with E-state index >= 15 is 0 Å². The van der Waals surface area contributed by atoms with Crippen LogP contribution in [-0.4, -0.2) is 86.1 Å². The second kappa shape index (κ2) is 13.7. The van der Waals surface area contributed by atoms with Gasteiger partial charge in [-0.1, -0.05) is 18.2 Å². The molecule has 2 aliphatic rings. The summed E-state index contributed by atoms with van der Waals surface area (Å²) in [5, 5.41) is 33.1. The minimum absolute atomic E-state index is 0.00310. The third-order valence-corrected chi connectivity index (χ3v) is 8.80. The summed E-state index contributed by atoms with van der Waals surface area (Å²) in [7, 11) is 0. The molecule has 4 aromatic rings. The van der Waals surface area contributed by atoms with E-state index in [2.05, 4.69) is 26.6 Å². The third kappa shape index (κ3) is 6.23. The van der Waals surface area contributed by atoms with Crippen LogP contribution in [0.4, 0.5) is 5.82 Å². The Morgan fingerprint density at radius 1 is 1.04 bits per heavy atom. The zero-order valence-corrected chi connectivity index (χ0v) is 27.1. The molecule has 2 aromatic heterocycles. The van der Waals surface area contributed by atoms with Crippen LogP contribution in [0.5, 0.6) is 11.6 Å². The largest absolute Gasteiger partial charge is 0.507 e. The van der Waals surface area contributed by atoms with Gasteiger partial charge in [-0.05, 0) is 56.5 Å². The van der Waals surface area contributed by atoms with Crippen molar-refractivity contribution in [2.45, 2.75) is 45.7 Å². The molecule has 4 amide bonds. The number of benzene rings is 2. The van der Waals surface area contributed by atoms with E-state index in [-0.39, 0.29) is 62.1 Å². The summed E-state index contributed by atoms with van der Waals surface area (Å²) >= 11 is 0. The number of hydrogen-bond acceptors (Lipinski definition) is 12. The highest BCUT2D eigenvalue weighted by Gasteiger charge is 2.47. The average molecular weight is 664 g/mol. The van der Waals surface area contributed by atoms with Crippen LogP contribution in [0.3, 0.4) is 0 Å². The number of ether oxygens (including phenoxy) is 2. The van der Waals surface area contributed by atoms with Crippen LogP contribution in [0.15, 0.2) is 48.7 Å². The van der Waals surface area contributed by atoms with Crippen molar-refractivity contribution in [3.05, 3.63) is 82.2 Å². The van der Waals surface area contributed by atoms with Gasteiger partial charge in [0, 0.05) is 29.5 Å². The van der Waals surface area contributed by atoms with Crippen LogP contribution >= 0.6 is 0 Å². The highest BCUT2D eigenvalue weighted by Crippen LogP contribution is 2.34. The zero-order valence-electron chi connectivity index (χ0n) is 27.1. The number of phenols is 1. The van der Waals surface area contributed by atoms with Crippen molar-refractivity contribution in [1.82, 2.24) is 25.0 Å². The maximum absolute atomic E-state index is 13.3. The third-order valence-electron chi connectivity index (χ3n) is 8.80. The van der Waals surface area contributed by atoms with Crippen LogP contribution in [-0.2, 0) is 14.3 Å². The molecule has 2 aliphatic heterocycles. The molecule has 2 atom stereocenters. The number of rotatable bonds is 11. The number of nitrogens with one attached hydrogen (secondary N) is 1. The number of fused-ring (bicyclic) bond motifs is 2. The van der Waals surface area contributed by atoms with Crippen LogP contribution in [0.2, 0.25) is 0 Å². The lowest BCUT2D eigenvalue weighted by atomic mass is 9.98. The number of nitrogens with zero attached hydrogens (tertiary/aromatic N) is 6. The monoisotopic (exact) mass is 663 g/mol. The Hall–Kier alpha value is -5.94. The van der Waals surface area contributed by atoms with E-state index in [9.17, 15) is 29.5 Å². The Labute approximate surface area is 281 Å². The molecule has 1 fully saturated rings. The minimum Gasteiger partial charge on any atom is -0.507 e. The summed E-state index contributed by atoms with van der Waals surface area (Å²) in [6.45, 7) is 5.92. The van der Waals surface area contributed by atoms with Crippen LogP contribution in [0.25, 0.3) is 10.8 Å². The maximum Gasteiger partial charge on any atom is 0.266 e. The Balaban J connectivity index is 1.04. The molecule has 14 nitrogen and oxygen atoms in total. The molecule has 0 bridgehead atoms. The second-order valence-corrected chi connectivity index (χ2v) is 11.8. The summed E-state index contributed by atoms with van der Waals surface area (Å²) in [6.07, 6.45) is 1.63. The molecule has 4 heterocycles. The Bertz CT molecular complexity index is 2040. The van der Waals surface area contributed by atoms with Crippen molar-refractivity contribution in [3.63, 3.8) is 0 Å². The normalized spacial score (nSPS) is 16.6. The fraction of sp³-hybridized carbons (Fsp3) is 0.314. The SMILES string of the molecule is Cc1c(C#N)cccc1[C@@H](C)Nc1nnc(C)c2cnc(OCCOCCN3C(=O)CCC(N4C(=O)c5cccc(O)c5C4=O)C3=O)cc12. The first-order chi connectivity index (χ1) is 23.6. The summed E-state index contributed by atoms with van der Waals surface area (Å²) < 4.78 is 11.5. The number of piperidine rings is 1. The van der Waals surface area contributed by atoms with Gasteiger partial charge in [-0.25, -0.2) is 4.98 Å². The molecular weight excluding hydrogens is 630 g/mol. The number of aromatic nitrogens is 3. The summed E-state index contributed by atoms with van der Waals surface area (Å²) in [4.78, 5) is 58.1. The molecule has 2 N–H and O–H groups in total. The number of aryl methyl sites for hydroxylation is 1. The molecule has 0 aliphatic carbocycles. The summed E-state index contributed by atoms with van der Waals surface area (Å²) in [5.41, 5.74) is 3.03. The molecule has 1 unspecified atom stereocenters. The quantitative estimate of drug-likeness (QED) is 0.176. The second-order valence-electron chi connectivity index (χ2n) is 11.8. The highest BCUT2D eigenvalue weighted by atomic mass is 16.5. The number of imide groups is 2. The lowest BCUT2D eigenvalue weighted by molar-refractivity contribution is -0.152. The fourth-order valence-corrected chi connectivity index (χ4v) is 6.19. The lowest BCUT2D eigenvalue weighted by Gasteiger charge is -2.34. The fourth-order valence-electron chi connectivity index (χ4n) is 6.19. The van der Waals surface area contributed by atoms with Crippen molar-refractivity contribution in [1.29, 1.82) is 5.26 Å². The van der Waals surface area contributed by atoms with Crippen molar-refractivity contribution in [3.8, 4) is 17.7 Å². The first-order valence-corrected chi connectivity index (χ1v) is 15.7. The number of aromatic hydroxyl groups is 1. The predicted octanol–water partition coefficient (Wildman–Crippen LogP) is 3.60. The average Bonchev–Trinajstić information content (AvgIpc) is 3.35. The molecule has 0 radical (unpaired) electrons. The standard InChI is InChI=1S/C35H33N7O7/c1-19-22(17-36)6-4-7-23(19)20(2)38-32-25-16-29(37-18-26(25)21(3)39-40-32)49-15-14-48-13-12-41-30(44)11-10-27(34(41)46)42-33(45)24-8-5-9-28(43)31(24)35(42)47/h4-9,16,18,20,27,43H,10-15H2,1-3H3,(H,38,40)/t20-,27?/m1/s1. The highest BCUT2D eigenvalue weighted by molar-refractivity contribution is 6.24. The number of phenolic OH excluding ortho intramolecular Hbond substituents is 1. The van der Waals surface area contributed by atoms with Gasteiger partial charge in [0.25, 0.3) is 17.7 Å². The van der Waals surface area contributed by atoms with Gasteiger partial charge in [0.1, 0.15) is 18.4 Å². The number of anilines is 1. The molecule has 0 saturated carbocycles. The molecule has 0 spiro atoms. The molecule has 250 valence electrons. The molecule has 49 heavy (non-hydrogen) atoms. The van der Waals surface area contributed by atoms with Gasteiger partial charge in [0.2, 0.25) is 11.8 Å². The number of hydrogen-bond donors (Lipinski definition) is 2. The van der Waals surface area contributed by atoms with Gasteiger partial charge in [-0.2, -0.15) is 10.4 Å². The van der Waals surface area contributed by atoms with Gasteiger partial charge in [-0.3, -0.25) is 29.0 Å². The van der Waals surface area contributed by atoms with Crippen molar-refractivity contribution in [2.75, 3.05) is 31.7 Å². The van der Waals surface area contributed by atoms with Crippen molar-refractivity contribution in [2.24, 2.45) is 0 Å². The first kappa shape index (κ1) is 33.0. The van der Waals surface area contributed by atoms with E-state index in [1.54, 1.807) is 18.3 Å². The Morgan fingerprint density at radius 3 is 2.61 bits per heavy atom. The van der Waals surface area contributed by atoms with Crippen LogP contribution < -0.4 is 10.1 Å². The number of carbonyl (C=O) groups is 4. The van der Waals surface area contributed by atoms with Crippen molar-refractivity contribution >= 4 is 40.2 Å². The van der Waals surface area contributed by atoms with Crippen LogP contribution in [0.1, 0.15) is 68.9 Å². The van der Waals surface area contributed by atoms with E-state index in [1.807, 2.05) is 32.9 Å². The molecule has 2 aromatic carbocycles. The molecular formula is C35H33N7O7. The number of pyridine rings is 1. The lowest BCUT2D eigenvalue weighted by Crippen LogP contribution is -2.56. The number of amides is 4. The minimum atomic E-state index is -1.16. The van der Waals surface area contributed by atoms with E-state index < -0.39 is 29.7 Å². The smallest absolute Gasteiger partial charge is 0.266 e. The molecule has 6 rings (SSSR count). The molecule has 14 heteroatoms. The number of likely N-dealkylation sites (tertiary alicyclic amines) is 1. The van der Waals surface area contributed by atoms with Gasteiger partial charge in [0.05, 0.1) is 54.3 Å². The summed E-state index contributed by atoms with van der Waals surface area (Å²) in [6, 6.07) is 12.4. The topological polar surface area (TPSA) is 188 Å². The van der Waals surface area contributed by atoms with E-state index in [1.165, 1.54) is 18.2 Å². The summed E-state index contributed by atoms with van der Waals surface area (Å²) in [5.74, 6) is -2.01. The zero-order chi connectivity index (χ0) is 34.8. The van der Waals surface area contributed by atoms with Crippen molar-refractivity contribution < 1.29 is 33.8 Å². The van der Waals surface area contributed by atoms with Gasteiger partial charge in [-0.15, -0.1) is 5.10 Å². The number of carbonyl (C=O) groups excluding carboxylic acids is 4. The maximum atomic E-state index is 13.3. The number of nitriles is 1. The van der Waals surface area contributed by atoms with Gasteiger partial charge in [0.15, 0.2) is 5.82 Å². The predicted molar refractivity (Wildman–Crippen MR) is 175 cm³/mol. The van der Waals surface area contributed by atoms with E-state index in [0.29, 0.717) is 23.0 Å². The molecule has 1 saturated heterocycles.